The minimum atomic E-state index is -0.0150. The fourth-order valence-corrected chi connectivity index (χ4v) is 7.24. The molecule has 0 saturated carbocycles. The average Bonchev–Trinajstić information content (AvgIpc) is 2.90. The van der Waals surface area contributed by atoms with Gasteiger partial charge < -0.3 is 0 Å². The lowest BCUT2D eigenvalue weighted by Gasteiger charge is -2.08. The fraction of sp³-hybridized carbons (Fsp3) is 0.133. The summed E-state index contributed by atoms with van der Waals surface area (Å²) in [6.07, 6.45) is 1.94. The van der Waals surface area contributed by atoms with E-state index >= 15 is 0 Å². The number of hydrogen-bond acceptors (Lipinski definition) is 4. The maximum atomic E-state index is 12.6. The Morgan fingerprint density at radius 1 is 0.639 bits per heavy atom. The quantitative estimate of drug-likeness (QED) is 0.202. The third-order valence-corrected chi connectivity index (χ3v) is 9.31. The molecule has 0 N–H and O–H groups in total. The third kappa shape index (κ3) is 4.55. The van der Waals surface area contributed by atoms with Gasteiger partial charge in [0.2, 0.25) is 0 Å². The van der Waals surface area contributed by atoms with E-state index in [1.54, 1.807) is 23.5 Å². The van der Waals surface area contributed by atoms with Gasteiger partial charge in [0.1, 0.15) is 0 Å². The Hall–Kier alpha value is -2.76. The van der Waals surface area contributed by atoms with Gasteiger partial charge in [0.25, 0.3) is 0 Å². The van der Waals surface area contributed by atoms with Crippen molar-refractivity contribution < 1.29 is 0 Å². The molecular weight excluding hydrogens is 527 g/mol. The van der Waals surface area contributed by atoms with Gasteiger partial charge in [0.15, 0.2) is 10.9 Å². The van der Waals surface area contributed by atoms with Crippen molar-refractivity contribution in [2.75, 3.05) is 0 Å². The Labute approximate surface area is 226 Å². The summed E-state index contributed by atoms with van der Waals surface area (Å²) in [4.78, 5) is 24.9. The first-order chi connectivity index (χ1) is 17.4. The molecule has 0 atom stereocenters. The van der Waals surface area contributed by atoms with Crippen LogP contribution < -0.4 is 10.9 Å². The molecule has 4 aromatic carbocycles. The number of halogens is 2. The molecule has 0 aliphatic carbocycles. The normalized spacial score (nSPS) is 11.2. The van der Waals surface area contributed by atoms with Gasteiger partial charge in [0.05, 0.1) is 9.72 Å². The molecule has 0 spiro atoms. The standard InChI is InChI=1S/C17H16OS.C13H6Cl2OS/c1-3-11-9-12(4-2)17-14(10-11)16(18)13-7-5-6-8-15(13)19-17;14-7-5-9-12(16)8-3-1-2-4-11(8)17-13(9)10(15)6-7/h5-10H,3-4H2,1-2H3;1-6H. The van der Waals surface area contributed by atoms with Crippen LogP contribution in [0.5, 0.6) is 0 Å². The van der Waals surface area contributed by atoms with E-state index in [0.717, 1.165) is 42.4 Å². The highest BCUT2D eigenvalue weighted by atomic mass is 35.5. The zero-order chi connectivity index (χ0) is 25.4. The van der Waals surface area contributed by atoms with Crippen molar-refractivity contribution in [3.8, 4) is 0 Å². The molecule has 180 valence electrons. The molecule has 2 heterocycles. The van der Waals surface area contributed by atoms with Crippen molar-refractivity contribution in [1.82, 2.24) is 0 Å². The van der Waals surface area contributed by atoms with Crippen LogP contribution in [-0.4, -0.2) is 0 Å². The summed E-state index contributed by atoms with van der Waals surface area (Å²) < 4.78 is 3.97. The summed E-state index contributed by atoms with van der Waals surface area (Å²) in [7, 11) is 0. The maximum Gasteiger partial charge on any atom is 0.195 e. The Kier molecular flexibility index (Phi) is 7.14. The number of hydrogen-bond donors (Lipinski definition) is 0. The predicted octanol–water partition coefficient (Wildman–Crippen LogP) is 9.26. The van der Waals surface area contributed by atoms with Gasteiger partial charge in [-0.15, -0.1) is 22.7 Å². The van der Waals surface area contributed by atoms with Crippen LogP contribution in [0.25, 0.3) is 40.3 Å². The highest BCUT2D eigenvalue weighted by Gasteiger charge is 2.11. The summed E-state index contributed by atoms with van der Waals surface area (Å²) in [5, 5.41) is 4.05. The van der Waals surface area contributed by atoms with E-state index in [1.807, 2.05) is 48.5 Å². The summed E-state index contributed by atoms with van der Waals surface area (Å²) in [6.45, 7) is 4.29. The van der Waals surface area contributed by atoms with Crippen LogP contribution >= 0.6 is 45.9 Å². The lowest BCUT2D eigenvalue weighted by atomic mass is 10.0. The van der Waals surface area contributed by atoms with E-state index in [0.29, 0.717) is 20.8 Å². The molecule has 0 aliphatic heterocycles. The molecule has 2 nitrogen and oxygen atoms in total. The van der Waals surface area contributed by atoms with Gasteiger partial charge >= 0.3 is 0 Å². The number of benzene rings is 4. The molecular formula is C30H22Cl2O2S2. The summed E-state index contributed by atoms with van der Waals surface area (Å²) in [5.41, 5.74) is 2.71. The highest BCUT2D eigenvalue weighted by Crippen LogP contribution is 2.33. The number of rotatable bonds is 2. The van der Waals surface area contributed by atoms with Crippen LogP contribution in [0.1, 0.15) is 25.0 Å². The van der Waals surface area contributed by atoms with Crippen molar-refractivity contribution in [3.05, 3.63) is 114 Å². The third-order valence-electron chi connectivity index (χ3n) is 6.20. The lowest BCUT2D eigenvalue weighted by Crippen LogP contribution is -2.03. The van der Waals surface area contributed by atoms with E-state index in [9.17, 15) is 9.59 Å². The maximum absolute atomic E-state index is 12.6. The molecule has 6 aromatic rings. The molecule has 0 fully saturated rings. The van der Waals surface area contributed by atoms with Crippen LogP contribution in [0.3, 0.4) is 0 Å². The van der Waals surface area contributed by atoms with Crippen molar-refractivity contribution in [2.45, 2.75) is 26.7 Å². The van der Waals surface area contributed by atoms with Crippen LogP contribution in [0.4, 0.5) is 0 Å². The van der Waals surface area contributed by atoms with Gasteiger partial charge in [-0.2, -0.15) is 0 Å². The van der Waals surface area contributed by atoms with Crippen molar-refractivity contribution in [1.29, 1.82) is 0 Å². The summed E-state index contributed by atoms with van der Waals surface area (Å²) in [6, 6.07) is 23.1. The molecule has 36 heavy (non-hydrogen) atoms. The second kappa shape index (κ2) is 10.3. The van der Waals surface area contributed by atoms with E-state index < -0.39 is 0 Å². The summed E-state index contributed by atoms with van der Waals surface area (Å²) in [5.74, 6) is 0. The summed E-state index contributed by atoms with van der Waals surface area (Å²) >= 11 is 15.3. The van der Waals surface area contributed by atoms with Crippen LogP contribution in [-0.2, 0) is 12.8 Å². The Bertz CT molecular complexity index is 1890. The van der Waals surface area contributed by atoms with E-state index in [-0.39, 0.29) is 10.9 Å². The van der Waals surface area contributed by atoms with Crippen LogP contribution in [0.15, 0.2) is 82.4 Å². The SMILES string of the molecule is CCc1cc(CC)c2sc3ccccc3c(=O)c2c1.O=c1c2ccccc2sc2c(Cl)cc(Cl)cc12. The lowest BCUT2D eigenvalue weighted by molar-refractivity contribution is 1.10. The van der Waals surface area contributed by atoms with Crippen molar-refractivity contribution >= 4 is 86.2 Å². The van der Waals surface area contributed by atoms with E-state index in [1.165, 1.54) is 22.5 Å². The molecule has 2 aromatic heterocycles. The minimum Gasteiger partial charge on any atom is -0.289 e. The molecule has 6 heteroatoms. The minimum absolute atomic E-state index is 0.0150. The van der Waals surface area contributed by atoms with Gasteiger partial charge in [-0.05, 0) is 66.4 Å². The smallest absolute Gasteiger partial charge is 0.195 e. The van der Waals surface area contributed by atoms with Gasteiger partial charge in [0, 0.05) is 40.7 Å². The monoisotopic (exact) mass is 548 g/mol. The van der Waals surface area contributed by atoms with Gasteiger partial charge in [-0.3, -0.25) is 9.59 Å². The molecule has 0 bridgehead atoms. The molecule has 0 aliphatic rings. The van der Waals surface area contributed by atoms with Crippen molar-refractivity contribution in [3.63, 3.8) is 0 Å². The average molecular weight is 550 g/mol. The first-order valence-electron chi connectivity index (χ1n) is 11.7. The molecule has 0 amide bonds. The van der Waals surface area contributed by atoms with Crippen LogP contribution in [0, 0.1) is 0 Å². The predicted molar refractivity (Wildman–Crippen MR) is 160 cm³/mol. The molecule has 6 rings (SSSR count). The molecule has 0 unspecified atom stereocenters. The van der Waals surface area contributed by atoms with Crippen molar-refractivity contribution in [2.24, 2.45) is 0 Å². The zero-order valence-corrected chi connectivity index (χ0v) is 22.9. The second-order valence-electron chi connectivity index (χ2n) is 8.46. The number of fused-ring (bicyclic) bond motifs is 4. The molecule has 0 radical (unpaired) electrons. The largest absolute Gasteiger partial charge is 0.289 e. The first kappa shape index (κ1) is 24.9. The van der Waals surface area contributed by atoms with Gasteiger partial charge in [-0.1, -0.05) is 67.4 Å². The topological polar surface area (TPSA) is 34.1 Å². The van der Waals surface area contributed by atoms with Crippen LogP contribution in [0.2, 0.25) is 10.0 Å². The van der Waals surface area contributed by atoms with E-state index in [2.05, 4.69) is 26.0 Å². The highest BCUT2D eigenvalue weighted by molar-refractivity contribution is 7.25. The Morgan fingerprint density at radius 3 is 1.78 bits per heavy atom. The zero-order valence-electron chi connectivity index (χ0n) is 19.7. The molecule has 0 saturated heterocycles. The fourth-order valence-electron chi connectivity index (χ4n) is 4.34. The van der Waals surface area contributed by atoms with Gasteiger partial charge in [-0.25, -0.2) is 0 Å². The van der Waals surface area contributed by atoms with E-state index in [4.69, 9.17) is 23.2 Å². The second-order valence-corrected chi connectivity index (χ2v) is 11.4. The Balaban J connectivity index is 0.000000149. The first-order valence-corrected chi connectivity index (χ1v) is 14.1. The Morgan fingerprint density at radius 2 is 1.19 bits per heavy atom. The number of aryl methyl sites for hydroxylation is 2.